The van der Waals surface area contributed by atoms with Gasteiger partial charge in [0.1, 0.15) is 24.0 Å². The summed E-state index contributed by atoms with van der Waals surface area (Å²) in [5.41, 5.74) is 4.02. The first kappa shape index (κ1) is 23.6. The topological polar surface area (TPSA) is 51.1 Å². The molecule has 0 aliphatic carbocycles. The van der Waals surface area contributed by atoms with Crippen molar-refractivity contribution in [1.29, 1.82) is 0 Å². The normalized spacial score (nSPS) is 14.0. The highest BCUT2D eigenvalue weighted by atomic mass is 19.1. The maximum Gasteiger partial charge on any atom is 0.334 e. The fourth-order valence-corrected chi connectivity index (χ4v) is 3.68. The van der Waals surface area contributed by atoms with Crippen molar-refractivity contribution in [1.82, 2.24) is 4.90 Å². The number of nitrogens with zero attached hydrogens (tertiary/aromatic N) is 2. The Balaban J connectivity index is 1.73. The molecule has 3 rings (SSSR count). The van der Waals surface area contributed by atoms with Gasteiger partial charge in [0.15, 0.2) is 0 Å². The molecule has 2 aromatic carbocycles. The summed E-state index contributed by atoms with van der Waals surface area (Å²) < 4.78 is 32.3. The summed E-state index contributed by atoms with van der Waals surface area (Å²) in [5, 5.41) is 4.35. The molecule has 2 aromatic rings. The van der Waals surface area contributed by atoms with Gasteiger partial charge >= 0.3 is 5.97 Å². The molecule has 0 atom stereocenters. The lowest BCUT2D eigenvalue weighted by Gasteiger charge is -2.25. The predicted octanol–water partition coefficient (Wildman–Crippen LogP) is 4.55. The molecule has 5 nitrogen and oxygen atoms in total. The predicted molar refractivity (Wildman–Crippen MR) is 120 cm³/mol. The zero-order valence-electron chi connectivity index (χ0n) is 18.7. The summed E-state index contributed by atoms with van der Waals surface area (Å²) in [5.74, 6) is -0.951. The van der Waals surface area contributed by atoms with Gasteiger partial charge in [0.05, 0.1) is 6.61 Å². The third-order valence-corrected chi connectivity index (χ3v) is 5.31. The van der Waals surface area contributed by atoms with Crippen LogP contribution < -0.4 is 0 Å². The van der Waals surface area contributed by atoms with E-state index in [2.05, 4.69) is 10.1 Å². The monoisotopic (exact) mass is 442 g/mol. The Kier molecular flexibility index (Phi) is 8.11. The van der Waals surface area contributed by atoms with Gasteiger partial charge in [-0.2, -0.15) is 0 Å². The highest BCUT2D eigenvalue weighted by molar-refractivity contribution is 6.14. The van der Waals surface area contributed by atoms with Crippen LogP contribution in [0.25, 0.3) is 0 Å². The smallest absolute Gasteiger partial charge is 0.334 e. The summed E-state index contributed by atoms with van der Waals surface area (Å²) in [6.45, 7) is 7.94. The Labute approximate surface area is 187 Å². The fraction of sp³-hybridized carbons (Fsp3) is 0.360. The molecule has 1 aliphatic heterocycles. The second kappa shape index (κ2) is 11.0. The van der Waals surface area contributed by atoms with Crippen molar-refractivity contribution < 1.29 is 23.1 Å². The average Bonchev–Trinajstić information content (AvgIpc) is 2.75. The van der Waals surface area contributed by atoms with Gasteiger partial charge in [-0.25, -0.2) is 13.6 Å². The third kappa shape index (κ3) is 6.01. The van der Waals surface area contributed by atoms with Crippen LogP contribution in [0.15, 0.2) is 53.2 Å². The summed E-state index contributed by atoms with van der Waals surface area (Å²) in [6, 6.07) is 8.90. The number of ether oxygens (including phenoxy) is 1. The maximum atomic E-state index is 13.6. The molecular formula is C25H28F2N2O3. The number of hydrogen-bond acceptors (Lipinski definition) is 5. The molecular weight excluding hydrogens is 414 g/mol. The zero-order valence-corrected chi connectivity index (χ0v) is 18.7. The second-order valence-corrected chi connectivity index (χ2v) is 7.71. The first-order chi connectivity index (χ1) is 15.4. The van der Waals surface area contributed by atoms with Gasteiger partial charge in [-0.1, -0.05) is 11.2 Å². The Morgan fingerprint density at radius 2 is 1.69 bits per heavy atom. The van der Waals surface area contributed by atoms with Crippen molar-refractivity contribution in [2.75, 3.05) is 32.8 Å². The van der Waals surface area contributed by atoms with E-state index < -0.39 is 0 Å². The molecule has 0 N–H and O–H groups in total. The molecule has 7 heteroatoms. The summed E-state index contributed by atoms with van der Waals surface area (Å²) >= 11 is 0. The molecule has 1 aliphatic rings. The number of carbonyl (C=O) groups excluding carboxylic acids is 1. The van der Waals surface area contributed by atoms with Crippen molar-refractivity contribution >= 4 is 11.7 Å². The van der Waals surface area contributed by atoms with Crippen molar-refractivity contribution in [3.05, 3.63) is 81.9 Å². The zero-order chi connectivity index (χ0) is 23.1. The van der Waals surface area contributed by atoms with E-state index in [1.165, 1.54) is 24.3 Å². The maximum absolute atomic E-state index is 13.6. The first-order valence-corrected chi connectivity index (χ1v) is 10.7. The van der Waals surface area contributed by atoms with E-state index in [0.29, 0.717) is 59.8 Å². The minimum atomic E-state index is -0.335. The lowest BCUT2D eigenvalue weighted by molar-refractivity contribution is -0.139. The molecule has 0 unspecified atom stereocenters. The molecule has 1 heterocycles. The highest BCUT2D eigenvalue weighted by Gasteiger charge is 2.19. The molecule has 0 spiro atoms. The fourth-order valence-electron chi connectivity index (χ4n) is 3.68. The molecule has 170 valence electrons. The number of rotatable bonds is 8. The van der Waals surface area contributed by atoms with Gasteiger partial charge in [0.2, 0.25) is 0 Å². The third-order valence-electron chi connectivity index (χ3n) is 5.31. The molecule has 0 radical (unpaired) electrons. The van der Waals surface area contributed by atoms with E-state index in [4.69, 9.17) is 9.57 Å². The van der Waals surface area contributed by atoms with Crippen LogP contribution in [-0.4, -0.2) is 49.4 Å². The summed E-state index contributed by atoms with van der Waals surface area (Å²) in [6.07, 6.45) is 2.69. The molecule has 0 amide bonds. The van der Waals surface area contributed by atoms with Crippen molar-refractivity contribution in [3.63, 3.8) is 0 Å². The van der Waals surface area contributed by atoms with Crippen LogP contribution in [0.3, 0.4) is 0 Å². The Bertz CT molecular complexity index is 980. The number of hydrogen-bond donors (Lipinski definition) is 0. The van der Waals surface area contributed by atoms with Crippen molar-refractivity contribution in [2.24, 2.45) is 5.16 Å². The number of halogens is 2. The van der Waals surface area contributed by atoms with Crippen LogP contribution >= 0.6 is 0 Å². The van der Waals surface area contributed by atoms with E-state index in [1.807, 2.05) is 6.08 Å². The van der Waals surface area contributed by atoms with Gasteiger partial charge in [-0.3, -0.25) is 4.90 Å². The lowest BCUT2D eigenvalue weighted by Crippen LogP contribution is -2.35. The SMILES string of the molecule is CCOC(=O)C1=CCCN(CCON=C(c2ccc(F)cc2C)c2ccc(F)cc2C)C1. The van der Waals surface area contributed by atoms with Gasteiger partial charge in [-0.05, 0) is 74.7 Å². The van der Waals surface area contributed by atoms with Crippen LogP contribution in [-0.2, 0) is 14.4 Å². The van der Waals surface area contributed by atoms with E-state index in [9.17, 15) is 13.6 Å². The minimum Gasteiger partial charge on any atom is -0.463 e. The lowest BCUT2D eigenvalue weighted by atomic mass is 9.95. The first-order valence-electron chi connectivity index (χ1n) is 10.7. The molecule has 0 saturated carbocycles. The quantitative estimate of drug-likeness (QED) is 0.261. The average molecular weight is 443 g/mol. The Morgan fingerprint density at radius 1 is 1.06 bits per heavy atom. The number of benzene rings is 2. The second-order valence-electron chi connectivity index (χ2n) is 7.71. The van der Waals surface area contributed by atoms with E-state index in [1.54, 1.807) is 32.9 Å². The van der Waals surface area contributed by atoms with Crippen LogP contribution in [0, 0.1) is 25.5 Å². The molecule has 32 heavy (non-hydrogen) atoms. The highest BCUT2D eigenvalue weighted by Crippen LogP contribution is 2.20. The van der Waals surface area contributed by atoms with Crippen LogP contribution in [0.2, 0.25) is 0 Å². The van der Waals surface area contributed by atoms with Gasteiger partial charge in [0.25, 0.3) is 0 Å². The Hall–Kier alpha value is -3.06. The van der Waals surface area contributed by atoms with Crippen LogP contribution in [0.1, 0.15) is 35.6 Å². The summed E-state index contributed by atoms with van der Waals surface area (Å²) in [4.78, 5) is 19.7. The van der Waals surface area contributed by atoms with E-state index >= 15 is 0 Å². The van der Waals surface area contributed by atoms with Gasteiger partial charge < -0.3 is 9.57 Å². The Morgan fingerprint density at radius 3 is 2.25 bits per heavy atom. The van der Waals surface area contributed by atoms with Crippen LogP contribution in [0.5, 0.6) is 0 Å². The molecule has 0 saturated heterocycles. The van der Waals surface area contributed by atoms with Gasteiger partial charge in [-0.15, -0.1) is 0 Å². The van der Waals surface area contributed by atoms with Crippen LogP contribution in [0.4, 0.5) is 8.78 Å². The van der Waals surface area contributed by atoms with E-state index in [0.717, 1.165) is 13.0 Å². The number of carbonyl (C=O) groups is 1. The van der Waals surface area contributed by atoms with Gasteiger partial charge in [0, 0.05) is 36.3 Å². The standard InChI is InChI=1S/C25H28F2N2O3/c1-4-31-25(30)19-6-5-11-29(16-19)12-13-32-28-24(22-9-7-20(26)14-17(22)2)23-10-8-21(27)15-18(23)3/h6-10,14-15H,4-5,11-13,16H2,1-3H3. The largest absolute Gasteiger partial charge is 0.463 e. The molecule has 0 fully saturated rings. The number of aryl methyl sites for hydroxylation is 2. The summed E-state index contributed by atoms with van der Waals surface area (Å²) in [7, 11) is 0. The van der Waals surface area contributed by atoms with Crippen molar-refractivity contribution in [3.8, 4) is 0 Å². The van der Waals surface area contributed by atoms with E-state index in [-0.39, 0.29) is 17.6 Å². The number of esters is 1. The number of oxime groups is 1. The van der Waals surface area contributed by atoms with Crippen molar-refractivity contribution in [2.45, 2.75) is 27.2 Å². The molecule has 0 bridgehead atoms. The minimum absolute atomic E-state index is 0.281. The molecule has 0 aromatic heterocycles.